The highest BCUT2D eigenvalue weighted by Gasteiger charge is 2.13. The number of nitrogens with zero attached hydrogens (tertiary/aromatic N) is 2. The van der Waals surface area contributed by atoms with Crippen molar-refractivity contribution in [3.05, 3.63) is 52.1 Å². The summed E-state index contributed by atoms with van der Waals surface area (Å²) in [5.74, 6) is -1.58. The average molecular weight is 295 g/mol. The number of aliphatic carboxylic acids is 1. The highest BCUT2D eigenvalue weighted by atomic mass is 35.5. The van der Waals surface area contributed by atoms with E-state index < -0.39 is 11.8 Å². The third kappa shape index (κ3) is 2.72. The van der Waals surface area contributed by atoms with Gasteiger partial charge in [-0.15, -0.1) is 0 Å². The predicted octanol–water partition coefficient (Wildman–Crippen LogP) is 3.38. The number of carbonyl (C=O) groups is 1. The standard InChI is InChI=1S/C14H12ClFN2O2/c1-8-14(15)9(2)18(17-8)12-5-3-10(7-11(12)16)4-6-13(19)20/h3-7H,1-2H3,(H,19,20). The Kier molecular flexibility index (Phi) is 3.90. The maximum Gasteiger partial charge on any atom is 0.328 e. The van der Waals surface area contributed by atoms with E-state index in [1.807, 2.05) is 0 Å². The molecule has 6 heteroatoms. The lowest BCUT2D eigenvalue weighted by Crippen LogP contribution is -2.02. The van der Waals surface area contributed by atoms with Crippen molar-refractivity contribution in [2.24, 2.45) is 0 Å². The number of carboxylic acids is 1. The zero-order chi connectivity index (χ0) is 14.9. The van der Waals surface area contributed by atoms with E-state index >= 15 is 0 Å². The Labute approximate surface area is 120 Å². The van der Waals surface area contributed by atoms with Crippen LogP contribution in [0.2, 0.25) is 5.02 Å². The molecule has 0 spiro atoms. The molecular formula is C14H12ClFN2O2. The normalized spacial score (nSPS) is 11.2. The molecule has 0 bridgehead atoms. The van der Waals surface area contributed by atoms with Gasteiger partial charge in [0, 0.05) is 6.08 Å². The van der Waals surface area contributed by atoms with Crippen LogP contribution in [0.4, 0.5) is 4.39 Å². The monoisotopic (exact) mass is 294 g/mol. The van der Waals surface area contributed by atoms with E-state index in [2.05, 4.69) is 5.10 Å². The molecule has 0 unspecified atom stereocenters. The maximum atomic E-state index is 14.1. The summed E-state index contributed by atoms with van der Waals surface area (Å²) in [6, 6.07) is 4.40. The van der Waals surface area contributed by atoms with Crippen molar-refractivity contribution in [3.63, 3.8) is 0 Å². The molecule has 1 N–H and O–H groups in total. The van der Waals surface area contributed by atoms with Gasteiger partial charge in [-0.2, -0.15) is 5.10 Å². The van der Waals surface area contributed by atoms with Gasteiger partial charge in [0.1, 0.15) is 11.5 Å². The van der Waals surface area contributed by atoms with Gasteiger partial charge in [-0.1, -0.05) is 17.7 Å². The lowest BCUT2D eigenvalue weighted by atomic mass is 10.2. The molecule has 0 atom stereocenters. The lowest BCUT2D eigenvalue weighted by molar-refractivity contribution is -0.131. The van der Waals surface area contributed by atoms with Crippen LogP contribution in [0, 0.1) is 19.7 Å². The van der Waals surface area contributed by atoms with Gasteiger partial charge in [0.15, 0.2) is 0 Å². The molecule has 2 rings (SSSR count). The Balaban J connectivity index is 2.44. The Morgan fingerprint density at radius 3 is 2.65 bits per heavy atom. The van der Waals surface area contributed by atoms with E-state index in [1.54, 1.807) is 19.9 Å². The predicted molar refractivity (Wildman–Crippen MR) is 74.7 cm³/mol. The Hall–Kier alpha value is -2.14. The molecule has 4 nitrogen and oxygen atoms in total. The molecule has 1 aromatic carbocycles. The van der Waals surface area contributed by atoms with Crippen LogP contribution in [0.5, 0.6) is 0 Å². The fourth-order valence-electron chi connectivity index (χ4n) is 1.82. The highest BCUT2D eigenvalue weighted by Crippen LogP contribution is 2.24. The molecule has 0 saturated heterocycles. The number of halogens is 2. The van der Waals surface area contributed by atoms with Crippen LogP contribution in [0.3, 0.4) is 0 Å². The number of carboxylic acid groups (broad SMARTS) is 1. The minimum absolute atomic E-state index is 0.268. The van der Waals surface area contributed by atoms with Crippen molar-refractivity contribution in [3.8, 4) is 5.69 Å². The first kappa shape index (κ1) is 14.3. The maximum absolute atomic E-state index is 14.1. The SMILES string of the molecule is Cc1nn(-c2ccc(C=CC(=O)O)cc2F)c(C)c1Cl. The molecule has 0 radical (unpaired) electrons. The molecule has 104 valence electrons. The van der Waals surface area contributed by atoms with Gasteiger partial charge in [0.2, 0.25) is 0 Å². The van der Waals surface area contributed by atoms with E-state index in [9.17, 15) is 9.18 Å². The third-order valence-electron chi connectivity index (χ3n) is 2.82. The summed E-state index contributed by atoms with van der Waals surface area (Å²) >= 11 is 6.03. The van der Waals surface area contributed by atoms with Gasteiger partial charge in [-0.25, -0.2) is 13.9 Å². The van der Waals surface area contributed by atoms with E-state index in [1.165, 1.54) is 22.9 Å². The molecule has 1 aromatic heterocycles. The smallest absolute Gasteiger partial charge is 0.328 e. The molecule has 0 aliphatic carbocycles. The summed E-state index contributed by atoms with van der Waals surface area (Å²) in [7, 11) is 0. The number of hydrogen-bond acceptors (Lipinski definition) is 2. The van der Waals surface area contributed by atoms with Crippen LogP contribution < -0.4 is 0 Å². The molecule has 0 aliphatic heterocycles. The van der Waals surface area contributed by atoms with Gasteiger partial charge in [-0.3, -0.25) is 0 Å². The highest BCUT2D eigenvalue weighted by molar-refractivity contribution is 6.31. The number of aromatic nitrogens is 2. The van der Waals surface area contributed by atoms with Gasteiger partial charge >= 0.3 is 5.97 Å². The molecule has 0 amide bonds. The quantitative estimate of drug-likeness (QED) is 0.883. The van der Waals surface area contributed by atoms with E-state index in [0.717, 1.165) is 6.08 Å². The van der Waals surface area contributed by atoms with Crippen molar-refractivity contribution in [1.82, 2.24) is 9.78 Å². The van der Waals surface area contributed by atoms with Crippen molar-refractivity contribution >= 4 is 23.6 Å². The number of hydrogen-bond donors (Lipinski definition) is 1. The van der Waals surface area contributed by atoms with Crippen molar-refractivity contribution < 1.29 is 14.3 Å². The van der Waals surface area contributed by atoms with Gasteiger partial charge < -0.3 is 5.11 Å². The first-order chi connectivity index (χ1) is 9.40. The first-order valence-electron chi connectivity index (χ1n) is 5.83. The third-order valence-corrected chi connectivity index (χ3v) is 3.37. The summed E-state index contributed by atoms with van der Waals surface area (Å²) in [6.45, 7) is 3.49. The molecule has 0 fully saturated rings. The van der Waals surface area contributed by atoms with Gasteiger partial charge in [0.25, 0.3) is 0 Å². The Morgan fingerprint density at radius 2 is 2.15 bits per heavy atom. The second kappa shape index (κ2) is 5.46. The van der Waals surface area contributed by atoms with E-state index in [4.69, 9.17) is 16.7 Å². The first-order valence-corrected chi connectivity index (χ1v) is 6.20. The summed E-state index contributed by atoms with van der Waals surface area (Å²) in [5, 5.41) is 13.2. The topological polar surface area (TPSA) is 55.1 Å². The summed E-state index contributed by atoms with van der Waals surface area (Å²) < 4.78 is 15.5. The number of aryl methyl sites for hydroxylation is 1. The van der Waals surface area contributed by atoms with Crippen LogP contribution >= 0.6 is 11.6 Å². The summed E-state index contributed by atoms with van der Waals surface area (Å²) in [4.78, 5) is 10.4. The minimum Gasteiger partial charge on any atom is -0.478 e. The second-order valence-corrected chi connectivity index (χ2v) is 4.66. The van der Waals surface area contributed by atoms with Gasteiger partial charge in [-0.05, 0) is 37.6 Å². The zero-order valence-corrected chi connectivity index (χ0v) is 11.6. The van der Waals surface area contributed by atoms with Crippen LogP contribution in [0.15, 0.2) is 24.3 Å². The summed E-state index contributed by atoms with van der Waals surface area (Å²) in [5.41, 5.74) is 2.00. The summed E-state index contributed by atoms with van der Waals surface area (Å²) in [6.07, 6.45) is 2.28. The van der Waals surface area contributed by atoms with Crippen LogP contribution in [0.25, 0.3) is 11.8 Å². The Bertz CT molecular complexity index is 707. The van der Waals surface area contributed by atoms with Crippen LogP contribution in [-0.4, -0.2) is 20.9 Å². The van der Waals surface area contributed by atoms with Crippen molar-refractivity contribution in [2.45, 2.75) is 13.8 Å². The number of rotatable bonds is 3. The fourth-order valence-corrected chi connectivity index (χ4v) is 1.94. The molecule has 1 heterocycles. The molecular weight excluding hydrogens is 283 g/mol. The van der Waals surface area contributed by atoms with Gasteiger partial charge in [0.05, 0.1) is 16.4 Å². The molecule has 0 saturated carbocycles. The van der Waals surface area contributed by atoms with Crippen molar-refractivity contribution in [1.29, 1.82) is 0 Å². The van der Waals surface area contributed by atoms with E-state index in [-0.39, 0.29) is 5.69 Å². The zero-order valence-electron chi connectivity index (χ0n) is 10.9. The molecule has 20 heavy (non-hydrogen) atoms. The average Bonchev–Trinajstić information content (AvgIpc) is 2.64. The largest absolute Gasteiger partial charge is 0.478 e. The number of benzene rings is 1. The van der Waals surface area contributed by atoms with Crippen LogP contribution in [-0.2, 0) is 4.79 Å². The minimum atomic E-state index is -1.08. The van der Waals surface area contributed by atoms with Crippen LogP contribution in [0.1, 0.15) is 17.0 Å². The lowest BCUT2D eigenvalue weighted by Gasteiger charge is -2.06. The molecule has 0 aliphatic rings. The van der Waals surface area contributed by atoms with Crippen molar-refractivity contribution in [2.75, 3.05) is 0 Å². The Morgan fingerprint density at radius 1 is 1.45 bits per heavy atom. The fraction of sp³-hybridized carbons (Fsp3) is 0.143. The second-order valence-electron chi connectivity index (χ2n) is 4.28. The molecule has 2 aromatic rings. The van der Waals surface area contributed by atoms with E-state index in [0.29, 0.717) is 22.0 Å².